The first kappa shape index (κ1) is 15.8. The van der Waals surface area contributed by atoms with Gasteiger partial charge in [-0.25, -0.2) is 0 Å². The van der Waals surface area contributed by atoms with Crippen molar-refractivity contribution in [2.45, 2.75) is 25.6 Å². The van der Waals surface area contributed by atoms with E-state index in [1.54, 1.807) is 7.11 Å². The molecule has 2 rings (SSSR count). The Bertz CT molecular complexity index is 497. The number of nitrogens with one attached hydrogen (secondary N) is 1. The Morgan fingerprint density at radius 3 is 2.48 bits per heavy atom. The van der Waals surface area contributed by atoms with Crippen molar-refractivity contribution in [3.05, 3.63) is 29.8 Å². The Kier molecular flexibility index (Phi) is 4.54. The molecule has 1 atom stereocenters. The van der Waals surface area contributed by atoms with Gasteiger partial charge in [-0.3, -0.25) is 10.1 Å². The van der Waals surface area contributed by atoms with Crippen molar-refractivity contribution >= 4 is 5.91 Å². The molecule has 0 bridgehead atoms. The largest absolute Gasteiger partial charge is 0.497 e. The molecule has 116 valence electrons. The molecule has 0 aromatic heterocycles. The minimum absolute atomic E-state index is 0.0670. The van der Waals surface area contributed by atoms with E-state index in [1.165, 1.54) is 0 Å². The van der Waals surface area contributed by atoms with Crippen molar-refractivity contribution in [2.75, 3.05) is 34.3 Å². The second kappa shape index (κ2) is 6.03. The number of likely N-dealkylation sites (N-methyl/N-ethyl adjacent to an activating group) is 1. The number of hydrogen-bond donors (Lipinski definition) is 1. The first-order valence-electron chi connectivity index (χ1n) is 7.19. The summed E-state index contributed by atoms with van der Waals surface area (Å²) in [4.78, 5) is 16.3. The number of amides is 1. The molecule has 1 N–H and O–H groups in total. The van der Waals surface area contributed by atoms with Crippen LogP contribution < -0.4 is 10.1 Å². The molecular formula is C16H25N3O2. The Morgan fingerprint density at radius 1 is 1.33 bits per heavy atom. The molecule has 1 aliphatic heterocycles. The summed E-state index contributed by atoms with van der Waals surface area (Å²) in [5.74, 6) is 0.967. The van der Waals surface area contributed by atoms with E-state index >= 15 is 0 Å². The highest BCUT2D eigenvalue weighted by molar-refractivity contribution is 5.81. The molecule has 0 radical (unpaired) electrons. The summed E-state index contributed by atoms with van der Waals surface area (Å²) in [6.07, 6.45) is -0.0670. The predicted octanol–water partition coefficient (Wildman–Crippen LogP) is 1.47. The Hall–Kier alpha value is -1.59. The van der Waals surface area contributed by atoms with E-state index in [1.807, 2.05) is 43.3 Å². The van der Waals surface area contributed by atoms with E-state index in [0.717, 1.165) is 11.3 Å². The van der Waals surface area contributed by atoms with Gasteiger partial charge in [0.1, 0.15) is 11.9 Å². The van der Waals surface area contributed by atoms with Crippen molar-refractivity contribution in [1.29, 1.82) is 0 Å². The van der Waals surface area contributed by atoms with Crippen molar-refractivity contribution in [3.63, 3.8) is 0 Å². The van der Waals surface area contributed by atoms with Gasteiger partial charge in [0.2, 0.25) is 5.91 Å². The second-order valence-corrected chi connectivity index (χ2v) is 6.29. The lowest BCUT2D eigenvalue weighted by Gasteiger charge is -2.38. The van der Waals surface area contributed by atoms with Crippen LogP contribution in [0.2, 0.25) is 0 Å². The monoisotopic (exact) mass is 291 g/mol. The number of carbonyl (C=O) groups is 1. The smallest absolute Gasteiger partial charge is 0.238 e. The van der Waals surface area contributed by atoms with Gasteiger partial charge in [-0.1, -0.05) is 12.1 Å². The molecule has 1 heterocycles. The van der Waals surface area contributed by atoms with Gasteiger partial charge in [0.25, 0.3) is 0 Å². The van der Waals surface area contributed by atoms with Crippen molar-refractivity contribution in [3.8, 4) is 5.75 Å². The van der Waals surface area contributed by atoms with E-state index in [4.69, 9.17) is 4.74 Å². The SMILES string of the molecule is COc1ccc(C2NCC(=O)N2CC(C)(C)N(C)C)cc1. The van der Waals surface area contributed by atoms with Crippen LogP contribution in [0.4, 0.5) is 0 Å². The highest BCUT2D eigenvalue weighted by Crippen LogP contribution is 2.27. The molecule has 21 heavy (non-hydrogen) atoms. The van der Waals surface area contributed by atoms with Gasteiger partial charge in [0.05, 0.1) is 13.7 Å². The average Bonchev–Trinajstić information content (AvgIpc) is 2.80. The predicted molar refractivity (Wildman–Crippen MR) is 83.2 cm³/mol. The standard InChI is InChI=1S/C16H25N3O2/c1-16(2,18(3)4)11-19-14(20)10-17-15(19)12-6-8-13(21-5)9-7-12/h6-9,15,17H,10-11H2,1-5H3. The normalized spacial score (nSPS) is 19.4. The van der Waals surface area contributed by atoms with E-state index in [0.29, 0.717) is 13.1 Å². The fourth-order valence-electron chi connectivity index (χ4n) is 2.36. The zero-order valence-corrected chi connectivity index (χ0v) is 13.5. The van der Waals surface area contributed by atoms with Crippen LogP contribution in [-0.2, 0) is 4.79 Å². The number of nitrogens with zero attached hydrogens (tertiary/aromatic N) is 2. The minimum Gasteiger partial charge on any atom is -0.497 e. The third kappa shape index (κ3) is 3.36. The quantitative estimate of drug-likeness (QED) is 0.892. The maximum absolute atomic E-state index is 12.2. The number of carbonyl (C=O) groups excluding carboxylic acids is 1. The van der Waals surface area contributed by atoms with Crippen LogP contribution in [0.15, 0.2) is 24.3 Å². The summed E-state index contributed by atoms with van der Waals surface area (Å²) in [7, 11) is 5.73. The highest BCUT2D eigenvalue weighted by Gasteiger charge is 2.36. The zero-order chi connectivity index (χ0) is 15.6. The van der Waals surface area contributed by atoms with E-state index < -0.39 is 0 Å². The average molecular weight is 291 g/mol. The molecule has 0 aliphatic carbocycles. The summed E-state index contributed by atoms with van der Waals surface area (Å²) in [5, 5.41) is 3.29. The van der Waals surface area contributed by atoms with Crippen LogP contribution >= 0.6 is 0 Å². The fourth-order valence-corrected chi connectivity index (χ4v) is 2.36. The maximum atomic E-state index is 12.2. The van der Waals surface area contributed by atoms with E-state index in [9.17, 15) is 4.79 Å². The number of ether oxygens (including phenoxy) is 1. The number of rotatable bonds is 5. The first-order valence-corrected chi connectivity index (χ1v) is 7.19. The molecule has 1 aromatic carbocycles. The Morgan fingerprint density at radius 2 is 1.95 bits per heavy atom. The van der Waals surface area contributed by atoms with Gasteiger partial charge in [-0.05, 0) is 45.6 Å². The topological polar surface area (TPSA) is 44.8 Å². The second-order valence-electron chi connectivity index (χ2n) is 6.29. The number of hydrogen-bond acceptors (Lipinski definition) is 4. The Labute approximate surface area is 126 Å². The lowest BCUT2D eigenvalue weighted by Crippen LogP contribution is -2.49. The summed E-state index contributed by atoms with van der Waals surface area (Å²) in [6.45, 7) is 5.36. The highest BCUT2D eigenvalue weighted by atomic mass is 16.5. The molecule has 1 aromatic rings. The lowest BCUT2D eigenvalue weighted by molar-refractivity contribution is -0.129. The van der Waals surface area contributed by atoms with Gasteiger partial charge < -0.3 is 14.5 Å². The summed E-state index contributed by atoms with van der Waals surface area (Å²) in [5.41, 5.74) is 1.00. The van der Waals surface area contributed by atoms with E-state index in [2.05, 4.69) is 24.1 Å². The van der Waals surface area contributed by atoms with Crippen molar-refractivity contribution in [2.24, 2.45) is 0 Å². The van der Waals surface area contributed by atoms with Crippen LogP contribution in [0.25, 0.3) is 0 Å². The summed E-state index contributed by atoms with van der Waals surface area (Å²) in [6, 6.07) is 7.86. The van der Waals surface area contributed by atoms with Crippen LogP contribution in [0.5, 0.6) is 5.75 Å². The lowest BCUT2D eigenvalue weighted by atomic mass is 10.0. The van der Waals surface area contributed by atoms with Crippen LogP contribution in [0.1, 0.15) is 25.6 Å². The molecule has 1 unspecified atom stereocenters. The van der Waals surface area contributed by atoms with Gasteiger partial charge in [-0.2, -0.15) is 0 Å². The molecule has 0 spiro atoms. The third-order valence-electron chi connectivity index (χ3n) is 4.28. The maximum Gasteiger partial charge on any atom is 0.238 e. The summed E-state index contributed by atoms with van der Waals surface area (Å²) >= 11 is 0. The van der Waals surface area contributed by atoms with Gasteiger partial charge >= 0.3 is 0 Å². The van der Waals surface area contributed by atoms with E-state index in [-0.39, 0.29) is 17.6 Å². The molecular weight excluding hydrogens is 266 g/mol. The number of methoxy groups -OCH3 is 1. The minimum atomic E-state index is -0.0770. The van der Waals surface area contributed by atoms with Crippen LogP contribution in [0, 0.1) is 0 Å². The molecule has 1 saturated heterocycles. The molecule has 1 amide bonds. The van der Waals surface area contributed by atoms with Gasteiger partial charge in [-0.15, -0.1) is 0 Å². The summed E-state index contributed by atoms with van der Waals surface area (Å²) < 4.78 is 5.18. The molecule has 1 aliphatic rings. The van der Waals surface area contributed by atoms with Crippen molar-refractivity contribution in [1.82, 2.24) is 15.1 Å². The zero-order valence-electron chi connectivity index (χ0n) is 13.5. The number of benzene rings is 1. The molecule has 1 fully saturated rings. The molecule has 5 nitrogen and oxygen atoms in total. The van der Waals surface area contributed by atoms with Gasteiger partial charge in [0, 0.05) is 12.1 Å². The van der Waals surface area contributed by atoms with Crippen LogP contribution in [-0.4, -0.2) is 55.5 Å². The third-order valence-corrected chi connectivity index (χ3v) is 4.28. The molecule has 0 saturated carbocycles. The van der Waals surface area contributed by atoms with Crippen molar-refractivity contribution < 1.29 is 9.53 Å². The molecule has 5 heteroatoms. The van der Waals surface area contributed by atoms with Crippen LogP contribution in [0.3, 0.4) is 0 Å². The Balaban J connectivity index is 2.19. The fraction of sp³-hybridized carbons (Fsp3) is 0.562. The van der Waals surface area contributed by atoms with Gasteiger partial charge in [0.15, 0.2) is 0 Å². The first-order chi connectivity index (χ1) is 9.85.